The molecule has 2 unspecified atom stereocenters. The summed E-state index contributed by atoms with van der Waals surface area (Å²) in [5.74, 6) is -0.254. The maximum atomic E-state index is 12.6. The van der Waals surface area contributed by atoms with Crippen LogP contribution in [0.2, 0.25) is 0 Å². The van der Waals surface area contributed by atoms with Crippen LogP contribution in [0.4, 0.5) is 0 Å². The van der Waals surface area contributed by atoms with Gasteiger partial charge in [0.05, 0.1) is 11.1 Å². The second-order valence-corrected chi connectivity index (χ2v) is 6.46. The average Bonchev–Trinajstić information content (AvgIpc) is 2.92. The molecule has 114 valence electrons. The zero-order valence-corrected chi connectivity index (χ0v) is 12.5. The highest BCUT2D eigenvalue weighted by Crippen LogP contribution is 2.39. The SMILES string of the molecule is CC(=O)N1C2CCC1CC(N1C(=O)c3ccccc3C1=O)C2. The number of amides is 3. The van der Waals surface area contributed by atoms with E-state index in [-0.39, 0.29) is 35.8 Å². The van der Waals surface area contributed by atoms with Gasteiger partial charge in [0, 0.05) is 25.0 Å². The largest absolute Gasteiger partial charge is 0.337 e. The van der Waals surface area contributed by atoms with E-state index in [1.807, 2.05) is 4.90 Å². The molecule has 0 aliphatic carbocycles. The summed E-state index contributed by atoms with van der Waals surface area (Å²) in [5.41, 5.74) is 1.02. The number of carbonyl (C=O) groups excluding carboxylic acids is 3. The third-order valence-electron chi connectivity index (χ3n) is 5.26. The minimum absolute atomic E-state index is 0.0829. The summed E-state index contributed by atoms with van der Waals surface area (Å²) in [6.07, 6.45) is 3.37. The van der Waals surface area contributed by atoms with Crippen molar-refractivity contribution in [2.45, 2.75) is 50.7 Å². The zero-order chi connectivity index (χ0) is 15.4. The Morgan fingerprint density at radius 2 is 1.45 bits per heavy atom. The highest BCUT2D eigenvalue weighted by atomic mass is 16.2. The van der Waals surface area contributed by atoms with Crippen molar-refractivity contribution in [1.82, 2.24) is 9.80 Å². The van der Waals surface area contributed by atoms with Crippen LogP contribution in [0.25, 0.3) is 0 Å². The molecule has 3 heterocycles. The first-order valence-electron chi connectivity index (χ1n) is 7.83. The van der Waals surface area contributed by atoms with Crippen molar-refractivity contribution in [2.75, 3.05) is 0 Å². The summed E-state index contributed by atoms with van der Waals surface area (Å²) < 4.78 is 0. The number of hydrogen-bond acceptors (Lipinski definition) is 3. The molecule has 3 aliphatic heterocycles. The number of benzene rings is 1. The Morgan fingerprint density at radius 1 is 0.955 bits per heavy atom. The number of hydrogen-bond donors (Lipinski definition) is 0. The summed E-state index contributed by atoms with van der Waals surface area (Å²) >= 11 is 0. The number of carbonyl (C=O) groups is 3. The predicted molar refractivity (Wildman–Crippen MR) is 79.3 cm³/mol. The first-order chi connectivity index (χ1) is 10.6. The van der Waals surface area contributed by atoms with Crippen molar-refractivity contribution in [3.05, 3.63) is 35.4 Å². The molecule has 0 saturated carbocycles. The first kappa shape index (κ1) is 13.5. The molecule has 2 saturated heterocycles. The van der Waals surface area contributed by atoms with E-state index in [1.54, 1.807) is 31.2 Å². The van der Waals surface area contributed by atoms with Crippen LogP contribution in [0.15, 0.2) is 24.3 Å². The average molecular weight is 298 g/mol. The van der Waals surface area contributed by atoms with Gasteiger partial charge >= 0.3 is 0 Å². The van der Waals surface area contributed by atoms with Crippen LogP contribution in [-0.4, -0.2) is 45.6 Å². The number of imide groups is 1. The Bertz CT molecular complexity index is 635. The van der Waals surface area contributed by atoms with Gasteiger partial charge < -0.3 is 4.90 Å². The minimum atomic E-state index is -0.179. The standard InChI is InChI=1S/C17H18N2O3/c1-10(20)18-11-6-7-12(18)9-13(8-11)19-16(21)14-4-2-3-5-15(14)17(19)22/h2-5,11-13H,6-9H2,1H3. The van der Waals surface area contributed by atoms with Gasteiger partial charge in [0.1, 0.15) is 0 Å². The topological polar surface area (TPSA) is 57.7 Å². The number of fused-ring (bicyclic) bond motifs is 3. The van der Waals surface area contributed by atoms with E-state index in [9.17, 15) is 14.4 Å². The van der Waals surface area contributed by atoms with E-state index in [4.69, 9.17) is 0 Å². The van der Waals surface area contributed by atoms with Crippen LogP contribution < -0.4 is 0 Å². The third kappa shape index (κ3) is 1.74. The molecule has 4 rings (SSSR count). The van der Waals surface area contributed by atoms with E-state index < -0.39 is 0 Å². The molecule has 0 N–H and O–H groups in total. The van der Waals surface area contributed by atoms with Gasteiger partial charge in [-0.15, -0.1) is 0 Å². The van der Waals surface area contributed by atoms with Crippen molar-refractivity contribution >= 4 is 17.7 Å². The monoisotopic (exact) mass is 298 g/mol. The normalized spacial score (nSPS) is 30.0. The summed E-state index contributed by atoms with van der Waals surface area (Å²) in [7, 11) is 0. The Hall–Kier alpha value is -2.17. The summed E-state index contributed by atoms with van der Waals surface area (Å²) in [5, 5.41) is 0. The van der Waals surface area contributed by atoms with Crippen molar-refractivity contribution in [1.29, 1.82) is 0 Å². The molecule has 3 amide bonds. The van der Waals surface area contributed by atoms with Gasteiger partial charge in [-0.05, 0) is 37.8 Å². The van der Waals surface area contributed by atoms with E-state index >= 15 is 0 Å². The lowest BCUT2D eigenvalue weighted by Gasteiger charge is -2.41. The van der Waals surface area contributed by atoms with Crippen molar-refractivity contribution in [2.24, 2.45) is 0 Å². The molecule has 1 aromatic carbocycles. The fourth-order valence-electron chi connectivity index (χ4n) is 4.41. The van der Waals surface area contributed by atoms with Crippen molar-refractivity contribution < 1.29 is 14.4 Å². The predicted octanol–water partition coefficient (Wildman–Crippen LogP) is 1.82. The van der Waals surface area contributed by atoms with E-state index in [2.05, 4.69) is 0 Å². The summed E-state index contributed by atoms with van der Waals surface area (Å²) in [4.78, 5) is 40.3. The second-order valence-electron chi connectivity index (χ2n) is 6.46. The molecule has 3 aliphatic rings. The van der Waals surface area contributed by atoms with Gasteiger partial charge in [0.25, 0.3) is 11.8 Å². The van der Waals surface area contributed by atoms with Crippen LogP contribution in [0, 0.1) is 0 Å². The molecular weight excluding hydrogens is 280 g/mol. The Kier molecular flexibility index (Phi) is 2.86. The maximum Gasteiger partial charge on any atom is 0.261 e. The van der Waals surface area contributed by atoms with E-state index in [0.717, 1.165) is 12.8 Å². The molecule has 0 aromatic heterocycles. The van der Waals surface area contributed by atoms with Crippen LogP contribution >= 0.6 is 0 Å². The fourth-order valence-corrected chi connectivity index (χ4v) is 4.41. The molecule has 5 nitrogen and oxygen atoms in total. The fraction of sp³-hybridized carbons (Fsp3) is 0.471. The molecule has 2 bridgehead atoms. The van der Waals surface area contributed by atoms with E-state index in [1.165, 1.54) is 4.90 Å². The molecule has 1 aromatic rings. The Balaban J connectivity index is 1.62. The van der Waals surface area contributed by atoms with Gasteiger partial charge in [-0.1, -0.05) is 12.1 Å². The highest BCUT2D eigenvalue weighted by Gasteiger charge is 2.48. The van der Waals surface area contributed by atoms with Gasteiger partial charge in [-0.2, -0.15) is 0 Å². The lowest BCUT2D eigenvalue weighted by Crippen LogP contribution is -2.53. The van der Waals surface area contributed by atoms with Crippen LogP contribution in [0.5, 0.6) is 0 Å². The minimum Gasteiger partial charge on any atom is -0.337 e. The second kappa shape index (κ2) is 4.66. The highest BCUT2D eigenvalue weighted by molar-refractivity contribution is 6.21. The van der Waals surface area contributed by atoms with Crippen molar-refractivity contribution in [3.63, 3.8) is 0 Å². The quantitative estimate of drug-likeness (QED) is 0.743. The molecule has 22 heavy (non-hydrogen) atoms. The molecule has 2 fully saturated rings. The van der Waals surface area contributed by atoms with Crippen molar-refractivity contribution in [3.8, 4) is 0 Å². The third-order valence-corrected chi connectivity index (χ3v) is 5.26. The Labute approximate surface area is 128 Å². The van der Waals surface area contributed by atoms with Gasteiger partial charge in [0.2, 0.25) is 5.91 Å². The number of nitrogens with zero attached hydrogens (tertiary/aromatic N) is 2. The lowest BCUT2D eigenvalue weighted by atomic mass is 9.96. The number of rotatable bonds is 1. The molecule has 2 atom stereocenters. The molecular formula is C17H18N2O3. The molecule has 0 spiro atoms. The van der Waals surface area contributed by atoms with Crippen LogP contribution in [0.3, 0.4) is 0 Å². The number of piperidine rings is 1. The lowest BCUT2D eigenvalue weighted by molar-refractivity contribution is -0.133. The smallest absolute Gasteiger partial charge is 0.261 e. The maximum absolute atomic E-state index is 12.6. The first-order valence-corrected chi connectivity index (χ1v) is 7.83. The summed E-state index contributed by atoms with van der Waals surface area (Å²) in [6.45, 7) is 1.60. The van der Waals surface area contributed by atoms with Crippen LogP contribution in [0.1, 0.15) is 53.3 Å². The van der Waals surface area contributed by atoms with Gasteiger partial charge in [-0.25, -0.2) is 0 Å². The Morgan fingerprint density at radius 3 is 1.91 bits per heavy atom. The molecule has 5 heteroatoms. The zero-order valence-electron chi connectivity index (χ0n) is 12.5. The van der Waals surface area contributed by atoms with Gasteiger partial charge in [-0.3, -0.25) is 19.3 Å². The van der Waals surface area contributed by atoms with Crippen LogP contribution in [-0.2, 0) is 4.79 Å². The van der Waals surface area contributed by atoms with E-state index in [0.29, 0.717) is 24.0 Å². The van der Waals surface area contributed by atoms with Gasteiger partial charge in [0.15, 0.2) is 0 Å². The molecule has 0 radical (unpaired) electrons. The summed E-state index contributed by atoms with van der Waals surface area (Å²) in [6, 6.07) is 7.27.